The van der Waals surface area contributed by atoms with Crippen molar-refractivity contribution in [1.29, 1.82) is 0 Å². The molecule has 0 aromatic carbocycles. The summed E-state index contributed by atoms with van der Waals surface area (Å²) in [4.78, 5) is 0. The molecule has 0 aromatic heterocycles. The zero-order chi connectivity index (χ0) is 13.0. The highest BCUT2D eigenvalue weighted by Gasteiger charge is 2.44. The van der Waals surface area contributed by atoms with Crippen LogP contribution in [-0.4, -0.2) is 87.3 Å². The van der Waals surface area contributed by atoms with E-state index in [1.807, 2.05) is 0 Å². The fourth-order valence-electron chi connectivity index (χ4n) is 1.46. The third-order valence-electron chi connectivity index (χ3n) is 2.51. The van der Waals surface area contributed by atoms with E-state index in [4.69, 9.17) is 24.8 Å². The largest absolute Gasteiger partial charge is 0.394 e. The van der Waals surface area contributed by atoms with Gasteiger partial charge in [-0.15, -0.1) is 0 Å². The summed E-state index contributed by atoms with van der Waals surface area (Å²) in [6.45, 7) is -1.37. The van der Waals surface area contributed by atoms with Crippen molar-refractivity contribution in [3.8, 4) is 0 Å². The maximum absolute atomic E-state index is 9.52. The Morgan fingerprint density at radius 1 is 1.06 bits per heavy atom. The predicted octanol–water partition coefficient (Wildman–Crippen LogP) is -3.84. The second kappa shape index (κ2) is 6.57. The molecule has 1 rings (SSSR count). The van der Waals surface area contributed by atoms with Crippen LogP contribution >= 0.6 is 0 Å². The number of rotatable bonds is 5. The molecule has 6 N–H and O–H groups in total. The van der Waals surface area contributed by atoms with Gasteiger partial charge in [0.25, 0.3) is 0 Å². The highest BCUT2D eigenvalue weighted by Crippen LogP contribution is 2.21. The first-order valence-electron chi connectivity index (χ1n) is 5.22. The van der Waals surface area contributed by atoms with Crippen molar-refractivity contribution in [3.05, 3.63) is 0 Å². The number of hydrogen-bond acceptors (Lipinski definition) is 8. The van der Waals surface area contributed by atoms with Crippen LogP contribution in [-0.2, 0) is 9.47 Å². The van der Waals surface area contributed by atoms with E-state index in [-0.39, 0.29) is 6.61 Å². The Morgan fingerprint density at radius 2 is 1.71 bits per heavy atom. The molecule has 0 radical (unpaired) electrons. The van der Waals surface area contributed by atoms with E-state index < -0.39 is 50.0 Å². The second-order valence-corrected chi connectivity index (χ2v) is 3.87. The van der Waals surface area contributed by atoms with Gasteiger partial charge in [-0.25, -0.2) is 0 Å². The van der Waals surface area contributed by atoms with E-state index in [2.05, 4.69) is 0 Å². The lowest BCUT2D eigenvalue weighted by atomic mass is 9.99. The van der Waals surface area contributed by atoms with E-state index in [9.17, 15) is 15.3 Å². The third kappa shape index (κ3) is 3.57. The molecule has 1 fully saturated rings. The molecule has 1 aliphatic heterocycles. The molecule has 8 heteroatoms. The van der Waals surface area contributed by atoms with E-state index >= 15 is 0 Å². The summed E-state index contributed by atoms with van der Waals surface area (Å²) in [6, 6.07) is 0. The molecular formula is C9H18O8. The first-order valence-corrected chi connectivity index (χ1v) is 5.22. The number of hydrogen-bond donors (Lipinski definition) is 6. The SMILES string of the molecule is OCC(O)COC1O[C@H](CO)[C@H](O)[C@H](O)[C@H]1O. The van der Waals surface area contributed by atoms with E-state index in [0.717, 1.165) is 0 Å². The Kier molecular flexibility index (Phi) is 5.70. The fourth-order valence-corrected chi connectivity index (χ4v) is 1.46. The number of ether oxygens (including phenoxy) is 2. The molecule has 0 aromatic rings. The maximum Gasteiger partial charge on any atom is 0.186 e. The lowest BCUT2D eigenvalue weighted by molar-refractivity contribution is -0.304. The highest BCUT2D eigenvalue weighted by molar-refractivity contribution is 4.88. The smallest absolute Gasteiger partial charge is 0.186 e. The summed E-state index contributed by atoms with van der Waals surface area (Å²) >= 11 is 0. The van der Waals surface area contributed by atoms with Crippen molar-refractivity contribution in [2.24, 2.45) is 0 Å². The van der Waals surface area contributed by atoms with Gasteiger partial charge in [0.15, 0.2) is 6.29 Å². The Hall–Kier alpha value is -0.320. The first-order chi connectivity index (χ1) is 8.01. The van der Waals surface area contributed by atoms with Gasteiger partial charge in [0, 0.05) is 0 Å². The number of aliphatic hydroxyl groups excluding tert-OH is 6. The molecule has 102 valence electrons. The minimum absolute atomic E-state index is 0.306. The van der Waals surface area contributed by atoms with Crippen molar-refractivity contribution < 1.29 is 40.1 Å². The fraction of sp³-hybridized carbons (Fsp3) is 1.00. The third-order valence-corrected chi connectivity index (χ3v) is 2.51. The van der Waals surface area contributed by atoms with Crippen molar-refractivity contribution >= 4 is 0 Å². The van der Waals surface area contributed by atoms with Gasteiger partial charge in [-0.3, -0.25) is 0 Å². The topological polar surface area (TPSA) is 140 Å². The molecular weight excluding hydrogens is 236 g/mol. The lowest BCUT2D eigenvalue weighted by Gasteiger charge is -2.39. The normalized spacial score (nSPS) is 40.2. The minimum Gasteiger partial charge on any atom is -0.394 e. The summed E-state index contributed by atoms with van der Waals surface area (Å²) in [5.74, 6) is 0. The molecule has 1 aliphatic rings. The Balaban J connectivity index is 2.53. The van der Waals surface area contributed by atoms with Crippen LogP contribution in [0.1, 0.15) is 0 Å². The van der Waals surface area contributed by atoms with Crippen molar-refractivity contribution in [2.45, 2.75) is 36.8 Å². The molecule has 1 saturated heterocycles. The average Bonchev–Trinajstić information content (AvgIpc) is 2.34. The summed E-state index contributed by atoms with van der Waals surface area (Å²) < 4.78 is 9.93. The molecule has 0 saturated carbocycles. The van der Waals surface area contributed by atoms with E-state index in [1.165, 1.54) is 0 Å². The van der Waals surface area contributed by atoms with Gasteiger partial charge in [0.1, 0.15) is 30.5 Å². The zero-order valence-electron chi connectivity index (χ0n) is 9.09. The monoisotopic (exact) mass is 254 g/mol. The zero-order valence-corrected chi connectivity index (χ0v) is 9.09. The standard InChI is InChI=1S/C9H18O8/c10-1-4(12)3-16-9-8(15)7(14)6(13)5(2-11)17-9/h4-15H,1-3H2/t4?,5-,6+,7+,8-,9?/m1/s1. The molecule has 6 atom stereocenters. The van der Waals surface area contributed by atoms with Crippen LogP contribution in [0, 0.1) is 0 Å². The average molecular weight is 254 g/mol. The molecule has 8 nitrogen and oxygen atoms in total. The summed E-state index contributed by atoms with van der Waals surface area (Å²) in [6.07, 6.45) is -7.94. The van der Waals surface area contributed by atoms with Crippen LogP contribution < -0.4 is 0 Å². The van der Waals surface area contributed by atoms with E-state index in [0.29, 0.717) is 0 Å². The van der Waals surface area contributed by atoms with Crippen LogP contribution in [0.25, 0.3) is 0 Å². The molecule has 0 bridgehead atoms. The quantitative estimate of drug-likeness (QED) is 0.293. The van der Waals surface area contributed by atoms with Gasteiger partial charge >= 0.3 is 0 Å². The Bertz CT molecular complexity index is 223. The lowest BCUT2D eigenvalue weighted by Crippen LogP contribution is -2.59. The summed E-state index contributed by atoms with van der Waals surface area (Å²) in [5.41, 5.74) is 0. The van der Waals surface area contributed by atoms with Gasteiger partial charge in [-0.2, -0.15) is 0 Å². The minimum atomic E-state index is -1.52. The highest BCUT2D eigenvalue weighted by atomic mass is 16.7. The summed E-state index contributed by atoms with van der Waals surface area (Å²) in [7, 11) is 0. The number of aliphatic hydroxyl groups is 6. The van der Waals surface area contributed by atoms with Gasteiger partial charge in [-0.05, 0) is 0 Å². The van der Waals surface area contributed by atoms with Gasteiger partial charge in [0.05, 0.1) is 19.8 Å². The Morgan fingerprint density at radius 3 is 2.24 bits per heavy atom. The van der Waals surface area contributed by atoms with Gasteiger partial charge < -0.3 is 40.1 Å². The van der Waals surface area contributed by atoms with Gasteiger partial charge in [0.2, 0.25) is 0 Å². The van der Waals surface area contributed by atoms with Crippen LogP contribution in [0.2, 0.25) is 0 Å². The van der Waals surface area contributed by atoms with Crippen LogP contribution in [0.5, 0.6) is 0 Å². The van der Waals surface area contributed by atoms with Crippen LogP contribution in [0.15, 0.2) is 0 Å². The molecule has 0 spiro atoms. The maximum atomic E-state index is 9.52. The second-order valence-electron chi connectivity index (χ2n) is 3.87. The Labute approximate surface area is 97.6 Å². The van der Waals surface area contributed by atoms with Gasteiger partial charge in [-0.1, -0.05) is 0 Å². The van der Waals surface area contributed by atoms with Crippen LogP contribution in [0.4, 0.5) is 0 Å². The molecule has 17 heavy (non-hydrogen) atoms. The molecule has 0 aliphatic carbocycles. The van der Waals surface area contributed by atoms with E-state index in [1.54, 1.807) is 0 Å². The molecule has 1 heterocycles. The molecule has 0 amide bonds. The van der Waals surface area contributed by atoms with Crippen LogP contribution in [0.3, 0.4) is 0 Å². The van der Waals surface area contributed by atoms with Crippen molar-refractivity contribution in [2.75, 3.05) is 19.8 Å². The first kappa shape index (κ1) is 14.7. The molecule has 2 unspecified atom stereocenters. The van der Waals surface area contributed by atoms with Crippen molar-refractivity contribution in [1.82, 2.24) is 0 Å². The predicted molar refractivity (Wildman–Crippen MR) is 52.8 cm³/mol. The summed E-state index contributed by atoms with van der Waals surface area (Å²) in [5, 5.41) is 54.9. The van der Waals surface area contributed by atoms with Crippen molar-refractivity contribution in [3.63, 3.8) is 0 Å².